The number of nitrogens with zero attached hydrogens (tertiary/aromatic N) is 4. The monoisotopic (exact) mass is 388 g/mol. The second kappa shape index (κ2) is 7.25. The summed E-state index contributed by atoms with van der Waals surface area (Å²) in [5.74, 6) is 0.595. The molecule has 2 saturated heterocycles. The molecule has 0 saturated carbocycles. The van der Waals surface area contributed by atoms with Gasteiger partial charge in [-0.15, -0.1) is 10.2 Å². The molecule has 12 heteroatoms. The molecule has 0 radical (unpaired) electrons. The molecule has 2 fully saturated rings. The van der Waals surface area contributed by atoms with E-state index in [-0.39, 0.29) is 42.0 Å². The van der Waals surface area contributed by atoms with E-state index in [0.717, 1.165) is 5.56 Å². The average molecular weight is 388 g/mol. The van der Waals surface area contributed by atoms with Gasteiger partial charge in [0.15, 0.2) is 0 Å². The topological polar surface area (TPSA) is 129 Å². The van der Waals surface area contributed by atoms with E-state index >= 15 is 0 Å². The molecule has 3 heterocycles. The number of fused-ring (bicyclic) bond motifs is 2. The number of urea groups is 1. The van der Waals surface area contributed by atoms with E-state index in [1.807, 2.05) is 30.3 Å². The zero-order valence-corrected chi connectivity index (χ0v) is 16.6. The van der Waals surface area contributed by atoms with Crippen LogP contribution in [-0.4, -0.2) is 51.7 Å². The Labute approximate surface area is 171 Å². The summed E-state index contributed by atoms with van der Waals surface area (Å²) in [4.78, 5) is 13.7. The third-order valence-electron chi connectivity index (χ3n) is 4.24. The number of hydrogen-bond acceptors (Lipinski definition) is 8. The van der Waals surface area contributed by atoms with E-state index in [1.165, 1.54) is 4.90 Å². The van der Waals surface area contributed by atoms with Crippen LogP contribution in [0.2, 0.25) is 0 Å². The fraction of sp³-hybridized carbons (Fsp3) is 0.357. The first kappa shape index (κ1) is 19.3. The molecule has 2 atom stereocenters. The number of aromatic nitrogens is 2. The fourth-order valence-electron chi connectivity index (χ4n) is 3.15. The number of rotatable bonds is 4. The van der Waals surface area contributed by atoms with Gasteiger partial charge in [0, 0.05) is 12.1 Å². The Balaban J connectivity index is 0.00000196. The first-order valence-corrected chi connectivity index (χ1v) is 8.90. The number of hydroxylamine groups is 2. The van der Waals surface area contributed by atoms with Crippen molar-refractivity contribution in [2.45, 2.75) is 24.9 Å². The van der Waals surface area contributed by atoms with Gasteiger partial charge in [0.25, 0.3) is 0 Å². The summed E-state index contributed by atoms with van der Waals surface area (Å²) in [5, 5.41) is 8.64. The molecule has 2 amide bonds. The number of benzene rings is 1. The Morgan fingerprint density at radius 3 is 2.62 bits per heavy atom. The van der Waals surface area contributed by atoms with Crippen LogP contribution in [0.1, 0.15) is 24.8 Å². The molecule has 132 valence electrons. The van der Waals surface area contributed by atoms with Gasteiger partial charge >= 0.3 is 35.6 Å². The van der Waals surface area contributed by atoms with Crippen LogP contribution in [0.15, 0.2) is 34.7 Å². The molecule has 1 aromatic heterocycles. The average Bonchev–Trinajstić information content (AvgIpc) is 3.16. The maximum Gasteiger partial charge on any atom is 1.00 e. The van der Waals surface area contributed by atoms with E-state index < -0.39 is 28.5 Å². The number of piperidine rings is 1. The van der Waals surface area contributed by atoms with Gasteiger partial charge in [-0.3, -0.25) is 0 Å². The van der Waals surface area contributed by atoms with Gasteiger partial charge in [0.1, 0.15) is 6.04 Å². The van der Waals surface area contributed by atoms with Gasteiger partial charge in [-0.1, -0.05) is 18.2 Å². The Hall–Kier alpha value is -1.50. The maximum atomic E-state index is 12.4. The van der Waals surface area contributed by atoms with Gasteiger partial charge in [-0.05, 0) is 25.0 Å². The molecule has 10 nitrogen and oxygen atoms in total. The minimum Gasteiger partial charge on any atom is -0.724 e. The predicted octanol–water partition coefficient (Wildman–Crippen LogP) is -1.93. The Kier molecular flexibility index (Phi) is 5.37. The summed E-state index contributed by atoms with van der Waals surface area (Å²) >= 11 is 0. The van der Waals surface area contributed by atoms with E-state index in [9.17, 15) is 17.8 Å². The molecular weight excluding hydrogens is 375 g/mol. The van der Waals surface area contributed by atoms with Gasteiger partial charge in [-0.25, -0.2) is 13.2 Å². The minimum absolute atomic E-state index is 0. The molecular formula is C14H13N4NaO6S. The quantitative estimate of drug-likeness (QED) is 0.337. The molecule has 0 unspecified atom stereocenters. The molecule has 2 bridgehead atoms. The molecule has 26 heavy (non-hydrogen) atoms. The fourth-order valence-corrected chi connectivity index (χ4v) is 3.53. The first-order valence-electron chi connectivity index (χ1n) is 7.56. The van der Waals surface area contributed by atoms with Crippen LogP contribution in [0.25, 0.3) is 11.5 Å². The number of carbonyl (C=O) groups excluding carboxylic acids is 1. The van der Waals surface area contributed by atoms with Crippen LogP contribution >= 0.6 is 0 Å². The third kappa shape index (κ3) is 3.63. The van der Waals surface area contributed by atoms with Crippen molar-refractivity contribution in [2.75, 3.05) is 6.54 Å². The van der Waals surface area contributed by atoms with Crippen molar-refractivity contribution in [3.63, 3.8) is 0 Å². The van der Waals surface area contributed by atoms with Gasteiger partial charge in [0.2, 0.25) is 22.2 Å². The number of hydrogen-bond donors (Lipinski definition) is 0. The van der Waals surface area contributed by atoms with E-state index in [4.69, 9.17) is 4.42 Å². The van der Waals surface area contributed by atoms with Gasteiger partial charge in [0.05, 0.1) is 6.04 Å². The normalized spacial score (nSPS) is 22.4. The van der Waals surface area contributed by atoms with Crippen LogP contribution in [0, 0.1) is 0 Å². The molecule has 0 aliphatic carbocycles. The second-order valence-electron chi connectivity index (χ2n) is 5.80. The minimum atomic E-state index is -5.02. The standard InChI is InChI=1S/C14H14N4O6S.Na/c19-14-17-8-10(18(14)24-25(20,21)22)6-7-11(17)13-16-15-12(23-13)9-4-2-1-3-5-9;/h1-5,10-11H,6-8H2,(H,20,21,22);/q;+1/p-1/t10-,11+;/m1./s1. The molecule has 2 aliphatic rings. The Morgan fingerprint density at radius 1 is 1.19 bits per heavy atom. The first-order chi connectivity index (χ1) is 11.9. The number of amides is 2. The van der Waals surface area contributed by atoms with Crippen molar-refractivity contribution in [1.29, 1.82) is 0 Å². The van der Waals surface area contributed by atoms with Crippen LogP contribution in [0.4, 0.5) is 4.79 Å². The number of carbonyl (C=O) groups is 1. The van der Waals surface area contributed by atoms with E-state index in [2.05, 4.69) is 14.5 Å². The predicted molar refractivity (Wildman–Crippen MR) is 80.2 cm³/mol. The van der Waals surface area contributed by atoms with Crippen molar-refractivity contribution < 1.29 is 56.0 Å². The maximum absolute atomic E-state index is 12.4. The molecule has 0 N–H and O–H groups in total. The van der Waals surface area contributed by atoms with E-state index in [0.29, 0.717) is 23.8 Å². The van der Waals surface area contributed by atoms with Crippen LogP contribution in [0.5, 0.6) is 0 Å². The van der Waals surface area contributed by atoms with Gasteiger partial charge in [-0.2, -0.15) is 9.35 Å². The van der Waals surface area contributed by atoms with Crippen LogP contribution in [0.3, 0.4) is 0 Å². The smallest absolute Gasteiger partial charge is 0.724 e. The van der Waals surface area contributed by atoms with Crippen molar-refractivity contribution >= 4 is 16.4 Å². The zero-order chi connectivity index (χ0) is 17.6. The van der Waals surface area contributed by atoms with Crippen molar-refractivity contribution in [2.24, 2.45) is 0 Å². The summed E-state index contributed by atoms with van der Waals surface area (Å²) in [6.07, 6.45) is 0.942. The summed E-state index contributed by atoms with van der Waals surface area (Å²) < 4.78 is 42.4. The summed E-state index contributed by atoms with van der Waals surface area (Å²) in [6.45, 7) is 0.224. The van der Waals surface area contributed by atoms with Crippen molar-refractivity contribution in [3.8, 4) is 11.5 Å². The van der Waals surface area contributed by atoms with Crippen LogP contribution in [-0.2, 0) is 14.7 Å². The summed E-state index contributed by atoms with van der Waals surface area (Å²) in [7, 11) is -5.02. The Bertz CT molecular complexity index is 905. The molecule has 2 aliphatic heterocycles. The van der Waals surface area contributed by atoms with E-state index in [1.54, 1.807) is 0 Å². The SMILES string of the molecule is O=C1N2C[C@@H](CC[C@H]2c2nnc(-c3ccccc3)o2)N1OS(=O)(=O)[O-].[Na+]. The molecule has 0 spiro atoms. The van der Waals surface area contributed by atoms with Gasteiger partial charge < -0.3 is 13.9 Å². The second-order valence-corrected chi connectivity index (χ2v) is 6.77. The molecule has 4 rings (SSSR count). The summed E-state index contributed by atoms with van der Waals surface area (Å²) in [5.41, 5.74) is 0.755. The molecule has 2 aromatic rings. The van der Waals surface area contributed by atoms with Crippen LogP contribution < -0.4 is 29.6 Å². The Morgan fingerprint density at radius 2 is 1.92 bits per heavy atom. The molecule has 1 aromatic carbocycles. The zero-order valence-electron chi connectivity index (χ0n) is 13.8. The van der Waals surface area contributed by atoms with Crippen molar-refractivity contribution in [3.05, 3.63) is 36.2 Å². The third-order valence-corrected chi connectivity index (χ3v) is 4.58. The van der Waals surface area contributed by atoms with Crippen molar-refractivity contribution in [1.82, 2.24) is 20.2 Å². The largest absolute Gasteiger partial charge is 1.00 e. The summed E-state index contributed by atoms with van der Waals surface area (Å²) in [6, 6.07) is 7.50.